The minimum atomic E-state index is -4.29. The molecule has 0 atom stereocenters. The third-order valence-electron chi connectivity index (χ3n) is 4.43. The van der Waals surface area contributed by atoms with Gasteiger partial charge in [0.05, 0.1) is 0 Å². The van der Waals surface area contributed by atoms with Gasteiger partial charge in [0, 0.05) is 18.0 Å². The van der Waals surface area contributed by atoms with Gasteiger partial charge in [0.25, 0.3) is 0 Å². The normalized spacial score (nSPS) is 17.8. The quantitative estimate of drug-likeness (QED) is 0.673. The molecule has 0 spiro atoms. The molecule has 2 aromatic rings. The van der Waals surface area contributed by atoms with E-state index < -0.39 is 11.9 Å². The Morgan fingerprint density at radius 2 is 1.70 bits per heavy atom. The highest BCUT2D eigenvalue weighted by atomic mass is 19.4. The van der Waals surface area contributed by atoms with Crippen LogP contribution in [0.25, 0.3) is 10.9 Å². The molecule has 1 aliphatic carbocycles. The molecule has 1 saturated carbocycles. The van der Waals surface area contributed by atoms with Gasteiger partial charge in [-0.2, -0.15) is 13.2 Å². The van der Waals surface area contributed by atoms with Crippen molar-refractivity contribution in [3.63, 3.8) is 0 Å². The van der Waals surface area contributed by atoms with Gasteiger partial charge in [-0.25, -0.2) is 0 Å². The molecule has 0 unspecified atom stereocenters. The van der Waals surface area contributed by atoms with Crippen LogP contribution in [0.1, 0.15) is 49.3 Å². The first-order valence-corrected chi connectivity index (χ1v) is 7.14. The summed E-state index contributed by atoms with van der Waals surface area (Å²) in [5.74, 6) is 0.0477. The highest BCUT2D eigenvalue weighted by molar-refractivity contribution is 5.86. The fourth-order valence-electron chi connectivity index (χ4n) is 3.57. The Labute approximate surface area is 116 Å². The average molecular weight is 281 g/mol. The van der Waals surface area contributed by atoms with Gasteiger partial charge in [0.2, 0.25) is 0 Å². The number of aryl methyl sites for hydroxylation is 1. The lowest BCUT2D eigenvalue weighted by atomic mass is 9.82. The summed E-state index contributed by atoms with van der Waals surface area (Å²) < 4.78 is 41.8. The molecule has 108 valence electrons. The summed E-state index contributed by atoms with van der Waals surface area (Å²) in [4.78, 5) is 0. The SMILES string of the molecule is Cn1c(C(F)(F)F)c(C2CCCCC2)c2ccccc21. The van der Waals surface area contributed by atoms with Crippen molar-refractivity contribution in [2.75, 3.05) is 0 Å². The van der Waals surface area contributed by atoms with Gasteiger partial charge in [0.15, 0.2) is 0 Å². The molecule has 1 fully saturated rings. The van der Waals surface area contributed by atoms with E-state index in [4.69, 9.17) is 0 Å². The number of halogens is 3. The molecule has 1 aromatic carbocycles. The number of alkyl halides is 3. The number of hydrogen-bond donors (Lipinski definition) is 0. The highest BCUT2D eigenvalue weighted by Crippen LogP contribution is 2.45. The molecular weight excluding hydrogens is 263 g/mol. The van der Waals surface area contributed by atoms with Gasteiger partial charge in [-0.1, -0.05) is 37.5 Å². The van der Waals surface area contributed by atoms with Crippen molar-refractivity contribution in [1.29, 1.82) is 0 Å². The summed E-state index contributed by atoms with van der Waals surface area (Å²) in [7, 11) is 1.53. The summed E-state index contributed by atoms with van der Waals surface area (Å²) in [6.07, 6.45) is 0.660. The standard InChI is InChI=1S/C16H18F3N/c1-20-13-10-6-5-9-12(13)14(15(20)16(17,18)19)11-7-3-2-4-8-11/h5-6,9-11H,2-4,7-8H2,1H3. The number of nitrogens with zero attached hydrogens (tertiary/aromatic N) is 1. The zero-order valence-electron chi connectivity index (χ0n) is 11.5. The molecule has 0 bridgehead atoms. The van der Waals surface area contributed by atoms with Crippen LogP contribution in [0.3, 0.4) is 0 Å². The molecule has 20 heavy (non-hydrogen) atoms. The van der Waals surface area contributed by atoms with E-state index in [9.17, 15) is 13.2 Å². The molecular formula is C16H18F3N. The minimum Gasteiger partial charge on any atom is -0.340 e. The number of fused-ring (bicyclic) bond motifs is 1. The second-order valence-corrected chi connectivity index (χ2v) is 5.67. The number of aromatic nitrogens is 1. The van der Waals surface area contributed by atoms with E-state index in [1.54, 1.807) is 12.1 Å². The van der Waals surface area contributed by atoms with Crippen LogP contribution in [-0.2, 0) is 13.2 Å². The van der Waals surface area contributed by atoms with E-state index in [-0.39, 0.29) is 5.92 Å². The predicted molar refractivity (Wildman–Crippen MR) is 73.7 cm³/mol. The van der Waals surface area contributed by atoms with Crippen molar-refractivity contribution in [2.24, 2.45) is 7.05 Å². The lowest BCUT2D eigenvalue weighted by Gasteiger charge is -2.23. The Bertz CT molecular complexity index is 618. The molecule has 0 radical (unpaired) electrons. The van der Waals surface area contributed by atoms with E-state index in [1.165, 1.54) is 11.6 Å². The zero-order chi connectivity index (χ0) is 14.3. The van der Waals surface area contributed by atoms with Crippen molar-refractivity contribution in [3.05, 3.63) is 35.5 Å². The number of para-hydroxylation sites is 1. The topological polar surface area (TPSA) is 4.93 Å². The fourth-order valence-corrected chi connectivity index (χ4v) is 3.57. The highest BCUT2D eigenvalue weighted by Gasteiger charge is 2.40. The summed E-state index contributed by atoms with van der Waals surface area (Å²) in [5.41, 5.74) is 0.751. The first kappa shape index (κ1) is 13.5. The van der Waals surface area contributed by atoms with Crippen LogP contribution in [0.4, 0.5) is 13.2 Å². The molecule has 1 aliphatic rings. The third-order valence-corrected chi connectivity index (χ3v) is 4.43. The summed E-state index contributed by atoms with van der Waals surface area (Å²) in [6, 6.07) is 7.23. The van der Waals surface area contributed by atoms with Crippen LogP contribution in [0.2, 0.25) is 0 Å². The Morgan fingerprint density at radius 1 is 1.05 bits per heavy atom. The first-order chi connectivity index (χ1) is 9.50. The van der Waals surface area contributed by atoms with E-state index in [0.29, 0.717) is 11.1 Å². The van der Waals surface area contributed by atoms with Crippen LogP contribution in [0, 0.1) is 0 Å². The van der Waals surface area contributed by atoms with Gasteiger partial charge in [0.1, 0.15) is 5.69 Å². The van der Waals surface area contributed by atoms with Gasteiger partial charge < -0.3 is 4.57 Å². The number of hydrogen-bond acceptors (Lipinski definition) is 0. The van der Waals surface area contributed by atoms with E-state index >= 15 is 0 Å². The largest absolute Gasteiger partial charge is 0.431 e. The Hall–Kier alpha value is -1.45. The smallest absolute Gasteiger partial charge is 0.340 e. The molecule has 0 amide bonds. The fraction of sp³-hybridized carbons (Fsp3) is 0.500. The number of benzene rings is 1. The van der Waals surface area contributed by atoms with Gasteiger partial charge in [-0.15, -0.1) is 0 Å². The van der Waals surface area contributed by atoms with Crippen LogP contribution >= 0.6 is 0 Å². The van der Waals surface area contributed by atoms with Crippen molar-refractivity contribution in [1.82, 2.24) is 4.57 Å². The molecule has 0 aliphatic heterocycles. The molecule has 0 N–H and O–H groups in total. The second kappa shape index (κ2) is 4.83. The molecule has 1 nitrogen and oxygen atoms in total. The molecule has 0 saturated heterocycles. The molecule has 4 heteroatoms. The predicted octanol–water partition coefficient (Wildman–Crippen LogP) is 5.24. The van der Waals surface area contributed by atoms with Crippen LogP contribution in [-0.4, -0.2) is 4.57 Å². The maximum atomic E-state index is 13.5. The molecule has 1 heterocycles. The van der Waals surface area contributed by atoms with Crippen LogP contribution < -0.4 is 0 Å². The van der Waals surface area contributed by atoms with Crippen molar-refractivity contribution < 1.29 is 13.2 Å². The van der Waals surface area contributed by atoms with E-state index in [1.807, 2.05) is 12.1 Å². The zero-order valence-corrected chi connectivity index (χ0v) is 11.5. The number of rotatable bonds is 1. The first-order valence-electron chi connectivity index (χ1n) is 7.14. The van der Waals surface area contributed by atoms with E-state index in [0.717, 1.165) is 37.5 Å². The van der Waals surface area contributed by atoms with Crippen LogP contribution in [0.15, 0.2) is 24.3 Å². The Morgan fingerprint density at radius 3 is 2.35 bits per heavy atom. The molecule has 3 rings (SSSR count). The van der Waals surface area contributed by atoms with Crippen molar-refractivity contribution in [2.45, 2.75) is 44.2 Å². The minimum absolute atomic E-state index is 0.0477. The Balaban J connectivity index is 2.26. The van der Waals surface area contributed by atoms with Crippen molar-refractivity contribution in [3.8, 4) is 0 Å². The maximum Gasteiger partial charge on any atom is 0.431 e. The Kier molecular flexibility index (Phi) is 3.27. The van der Waals surface area contributed by atoms with Gasteiger partial charge >= 0.3 is 6.18 Å². The average Bonchev–Trinajstić information content (AvgIpc) is 2.74. The summed E-state index contributed by atoms with van der Waals surface area (Å²) in [5, 5.41) is 0.772. The third kappa shape index (κ3) is 2.11. The van der Waals surface area contributed by atoms with Gasteiger partial charge in [-0.3, -0.25) is 0 Å². The monoisotopic (exact) mass is 281 g/mol. The lowest BCUT2D eigenvalue weighted by Crippen LogP contribution is -2.16. The van der Waals surface area contributed by atoms with Crippen molar-refractivity contribution >= 4 is 10.9 Å². The summed E-state index contributed by atoms with van der Waals surface area (Å²) >= 11 is 0. The van der Waals surface area contributed by atoms with Crippen LogP contribution in [0.5, 0.6) is 0 Å². The molecule has 1 aromatic heterocycles. The second-order valence-electron chi connectivity index (χ2n) is 5.67. The maximum absolute atomic E-state index is 13.5. The lowest BCUT2D eigenvalue weighted by molar-refractivity contribution is -0.143. The van der Waals surface area contributed by atoms with Gasteiger partial charge in [-0.05, 0) is 30.4 Å². The summed E-state index contributed by atoms with van der Waals surface area (Å²) in [6.45, 7) is 0. The van der Waals surface area contributed by atoms with E-state index in [2.05, 4.69) is 0 Å².